The molecule has 4 aromatic rings. The first-order chi connectivity index (χ1) is 18.8. The van der Waals surface area contributed by atoms with Crippen molar-refractivity contribution < 1.29 is 4.39 Å². The summed E-state index contributed by atoms with van der Waals surface area (Å²) in [5.41, 5.74) is 11.1. The molecule has 1 atom stereocenters. The van der Waals surface area contributed by atoms with Crippen LogP contribution in [0.15, 0.2) is 67.0 Å². The number of nitrogens with zero attached hydrogens (tertiary/aromatic N) is 5. The van der Waals surface area contributed by atoms with Gasteiger partial charge in [-0.1, -0.05) is 41.4 Å². The van der Waals surface area contributed by atoms with E-state index in [0.717, 1.165) is 35.6 Å². The van der Waals surface area contributed by atoms with Crippen LogP contribution < -0.4 is 20.9 Å². The number of piperazine rings is 1. The second-order valence-electron chi connectivity index (χ2n) is 9.34. The van der Waals surface area contributed by atoms with E-state index in [1.54, 1.807) is 30.3 Å². The lowest BCUT2D eigenvalue weighted by Crippen LogP contribution is -2.47. The van der Waals surface area contributed by atoms with Crippen LogP contribution in [0.5, 0.6) is 0 Å². The topological polar surface area (TPSA) is 94.1 Å². The molecule has 1 saturated heterocycles. The zero-order valence-corrected chi connectivity index (χ0v) is 22.7. The lowest BCUT2D eigenvalue weighted by Gasteiger charge is -2.37. The van der Waals surface area contributed by atoms with E-state index >= 15 is 0 Å². The minimum Gasteiger partial charge on any atom is -0.393 e. The summed E-state index contributed by atoms with van der Waals surface area (Å²) in [6, 6.07) is 19.7. The highest BCUT2D eigenvalue weighted by Crippen LogP contribution is 2.36. The Bertz CT molecular complexity index is 1510. The number of nitrogens with two attached hydrogens (primary N) is 1. The second kappa shape index (κ2) is 11.4. The molecule has 3 aromatic carbocycles. The molecule has 39 heavy (non-hydrogen) atoms. The van der Waals surface area contributed by atoms with Crippen molar-refractivity contribution in [3.8, 4) is 6.07 Å². The first kappa shape index (κ1) is 26.5. The van der Waals surface area contributed by atoms with Crippen LogP contribution in [0.1, 0.15) is 22.6 Å². The van der Waals surface area contributed by atoms with Gasteiger partial charge >= 0.3 is 0 Å². The van der Waals surface area contributed by atoms with Gasteiger partial charge in [0.05, 0.1) is 12.0 Å². The number of benzene rings is 3. The number of aromatic nitrogens is 2. The van der Waals surface area contributed by atoms with Gasteiger partial charge in [-0.3, -0.25) is 0 Å². The molecule has 10 heteroatoms. The molecular formula is C29H26Cl2FN7. The van der Waals surface area contributed by atoms with Crippen LogP contribution in [0.2, 0.25) is 10.0 Å². The van der Waals surface area contributed by atoms with Gasteiger partial charge in [0, 0.05) is 47.6 Å². The predicted molar refractivity (Wildman–Crippen MR) is 156 cm³/mol. The SMILES string of the molecule is Cc1cc(C(C#N)c2ccc(Cl)cc2)c(Cl)cc1Nc1ncnc(N2CCN(c3ccc(F)cc3)CC2)c1N. The molecular weight excluding hydrogens is 536 g/mol. The number of hydrogen-bond acceptors (Lipinski definition) is 7. The number of halogens is 3. The summed E-state index contributed by atoms with van der Waals surface area (Å²) in [5.74, 6) is 0.344. The summed E-state index contributed by atoms with van der Waals surface area (Å²) < 4.78 is 13.3. The van der Waals surface area contributed by atoms with E-state index in [-0.39, 0.29) is 5.82 Å². The summed E-state index contributed by atoms with van der Waals surface area (Å²) in [7, 11) is 0. The van der Waals surface area contributed by atoms with Crippen LogP contribution in [0, 0.1) is 24.1 Å². The molecule has 3 N–H and O–H groups in total. The number of nitrogen functional groups attached to an aromatic ring is 1. The summed E-state index contributed by atoms with van der Waals surface area (Å²) in [4.78, 5) is 13.2. The molecule has 1 aromatic heterocycles. The fraction of sp³-hybridized carbons (Fsp3) is 0.207. The van der Waals surface area contributed by atoms with E-state index in [0.29, 0.717) is 46.0 Å². The average molecular weight is 562 g/mol. The van der Waals surface area contributed by atoms with Gasteiger partial charge in [-0.05, 0) is 66.1 Å². The lowest BCUT2D eigenvalue weighted by molar-refractivity contribution is 0.624. The first-order valence-corrected chi connectivity index (χ1v) is 13.2. The molecule has 2 heterocycles. The van der Waals surface area contributed by atoms with Gasteiger partial charge < -0.3 is 20.9 Å². The van der Waals surface area contributed by atoms with Gasteiger partial charge in [0.15, 0.2) is 11.6 Å². The molecule has 1 fully saturated rings. The number of aryl methyl sites for hydroxylation is 1. The number of rotatable bonds is 6. The van der Waals surface area contributed by atoms with Crippen molar-refractivity contribution >= 4 is 51.9 Å². The summed E-state index contributed by atoms with van der Waals surface area (Å²) in [6.07, 6.45) is 1.48. The van der Waals surface area contributed by atoms with E-state index < -0.39 is 5.92 Å². The molecule has 0 amide bonds. The van der Waals surface area contributed by atoms with Crippen LogP contribution in [0.25, 0.3) is 0 Å². The molecule has 0 saturated carbocycles. The molecule has 7 nitrogen and oxygen atoms in total. The standard InChI is InChI=1S/C29H26Cl2FN7/c1-18-14-23(24(16-33)19-2-4-20(30)5-3-19)25(31)15-26(18)37-28-27(34)29(36-17-35-28)39-12-10-38(11-13-39)22-8-6-21(32)7-9-22/h2-9,14-15,17,24H,10-13,34H2,1H3,(H,35,36,37). The summed E-state index contributed by atoms with van der Waals surface area (Å²) >= 11 is 12.7. The summed E-state index contributed by atoms with van der Waals surface area (Å²) in [5, 5.41) is 14.2. The van der Waals surface area contributed by atoms with Gasteiger partial charge in [0.1, 0.15) is 17.8 Å². The number of nitrogens with one attached hydrogen (secondary N) is 1. The van der Waals surface area contributed by atoms with Crippen molar-refractivity contribution in [2.45, 2.75) is 12.8 Å². The lowest BCUT2D eigenvalue weighted by atomic mass is 9.91. The Kier molecular flexibility index (Phi) is 7.73. The zero-order chi connectivity index (χ0) is 27.5. The Morgan fingerprint density at radius 1 is 0.974 bits per heavy atom. The third kappa shape index (κ3) is 5.70. The first-order valence-electron chi connectivity index (χ1n) is 12.4. The highest BCUT2D eigenvalue weighted by molar-refractivity contribution is 6.32. The van der Waals surface area contributed by atoms with Crippen LogP contribution in [-0.2, 0) is 0 Å². The molecule has 1 aliphatic rings. The normalized spacial score (nSPS) is 14.1. The Hall–Kier alpha value is -4.06. The zero-order valence-electron chi connectivity index (χ0n) is 21.2. The van der Waals surface area contributed by atoms with Crippen LogP contribution in [-0.4, -0.2) is 36.1 Å². The second-order valence-corrected chi connectivity index (χ2v) is 10.2. The van der Waals surface area contributed by atoms with Crippen LogP contribution in [0.4, 0.5) is 33.1 Å². The minimum absolute atomic E-state index is 0.247. The molecule has 0 aliphatic carbocycles. The summed E-state index contributed by atoms with van der Waals surface area (Å²) in [6.45, 7) is 4.85. The van der Waals surface area contributed by atoms with Gasteiger partial charge in [-0.15, -0.1) is 0 Å². The molecule has 198 valence electrons. The van der Waals surface area contributed by atoms with E-state index in [2.05, 4.69) is 31.2 Å². The molecule has 1 aliphatic heterocycles. The maximum absolute atomic E-state index is 13.3. The Balaban J connectivity index is 1.33. The fourth-order valence-corrected chi connectivity index (χ4v) is 5.13. The molecule has 5 rings (SSSR count). The van der Waals surface area contributed by atoms with Crippen molar-refractivity contribution in [3.63, 3.8) is 0 Å². The molecule has 0 spiro atoms. The Morgan fingerprint density at radius 2 is 1.64 bits per heavy atom. The van der Waals surface area contributed by atoms with Gasteiger partial charge in [-0.2, -0.15) is 5.26 Å². The van der Waals surface area contributed by atoms with E-state index in [1.807, 2.05) is 25.1 Å². The van der Waals surface area contributed by atoms with E-state index in [4.69, 9.17) is 28.9 Å². The quantitative estimate of drug-likeness (QED) is 0.276. The van der Waals surface area contributed by atoms with Gasteiger partial charge in [0.2, 0.25) is 0 Å². The largest absolute Gasteiger partial charge is 0.393 e. The van der Waals surface area contributed by atoms with Crippen LogP contribution in [0.3, 0.4) is 0 Å². The molecule has 0 bridgehead atoms. The Labute approximate surface area is 236 Å². The molecule has 0 radical (unpaired) electrons. The number of nitriles is 1. The highest BCUT2D eigenvalue weighted by Gasteiger charge is 2.23. The highest BCUT2D eigenvalue weighted by atomic mass is 35.5. The molecule has 1 unspecified atom stereocenters. The Morgan fingerprint density at radius 3 is 2.31 bits per heavy atom. The van der Waals surface area contributed by atoms with Gasteiger partial charge in [0.25, 0.3) is 0 Å². The number of anilines is 5. The smallest absolute Gasteiger partial charge is 0.159 e. The van der Waals surface area contributed by atoms with Crippen LogP contribution >= 0.6 is 23.2 Å². The van der Waals surface area contributed by atoms with Gasteiger partial charge in [-0.25, -0.2) is 14.4 Å². The maximum Gasteiger partial charge on any atom is 0.159 e. The van der Waals surface area contributed by atoms with Crippen molar-refractivity contribution in [2.75, 3.05) is 47.0 Å². The minimum atomic E-state index is -0.535. The van der Waals surface area contributed by atoms with Crippen molar-refractivity contribution in [2.24, 2.45) is 0 Å². The maximum atomic E-state index is 13.3. The monoisotopic (exact) mass is 561 g/mol. The third-order valence-corrected chi connectivity index (χ3v) is 7.45. The average Bonchev–Trinajstić information content (AvgIpc) is 2.94. The van der Waals surface area contributed by atoms with Crippen molar-refractivity contribution in [3.05, 3.63) is 99.5 Å². The third-order valence-electron chi connectivity index (χ3n) is 6.87. The number of hydrogen-bond donors (Lipinski definition) is 2. The van der Waals surface area contributed by atoms with Crippen molar-refractivity contribution in [1.29, 1.82) is 5.26 Å². The van der Waals surface area contributed by atoms with E-state index in [1.165, 1.54) is 18.5 Å². The fourth-order valence-electron chi connectivity index (χ4n) is 4.73. The van der Waals surface area contributed by atoms with Crippen molar-refractivity contribution in [1.82, 2.24) is 9.97 Å². The van der Waals surface area contributed by atoms with E-state index in [9.17, 15) is 9.65 Å². The predicted octanol–water partition coefficient (Wildman–Crippen LogP) is 6.54.